The minimum atomic E-state index is -4.66. The topological polar surface area (TPSA) is 102 Å². The van der Waals surface area contributed by atoms with Crippen LogP contribution in [0.25, 0.3) is 0 Å². The standard InChI is InChI=1S/C28H36F3N7O2/c1-17(2)34-24(39)20-8-5-9-27(20)16-33-23(27)22-21(28(29,30)31)15-32-26(36-22)35-19-7-4-6-18(14-19)25(40)38-12-10-37(3)11-13-38/h4,6-7,14-15,17,20,23,33H,5,8-13,16H2,1-3H3,(H,34,39)(H,32,35,36)/t20-,23?,27-/m1/s1. The summed E-state index contributed by atoms with van der Waals surface area (Å²) in [5.74, 6) is -0.622. The normalized spacial score (nSPS) is 25.2. The molecule has 2 aromatic rings. The highest BCUT2D eigenvalue weighted by molar-refractivity contribution is 5.95. The van der Waals surface area contributed by atoms with Crippen molar-refractivity contribution in [2.75, 3.05) is 45.1 Å². The second kappa shape index (κ2) is 11.0. The van der Waals surface area contributed by atoms with E-state index in [2.05, 4.69) is 30.8 Å². The quantitative estimate of drug-likeness (QED) is 0.497. The van der Waals surface area contributed by atoms with Crippen molar-refractivity contribution in [1.29, 1.82) is 0 Å². The van der Waals surface area contributed by atoms with E-state index in [0.717, 1.165) is 25.7 Å². The van der Waals surface area contributed by atoms with Crippen LogP contribution in [0.15, 0.2) is 30.5 Å². The lowest BCUT2D eigenvalue weighted by Crippen LogP contribution is -2.61. The molecule has 40 heavy (non-hydrogen) atoms. The van der Waals surface area contributed by atoms with Crippen LogP contribution in [0.3, 0.4) is 0 Å². The number of aromatic nitrogens is 2. The molecule has 3 fully saturated rings. The Morgan fingerprint density at radius 2 is 1.93 bits per heavy atom. The third-order valence-corrected chi connectivity index (χ3v) is 8.34. The molecule has 216 valence electrons. The number of halogens is 3. The number of carbonyl (C=O) groups is 2. The maximum atomic E-state index is 14.1. The van der Waals surface area contributed by atoms with Crippen LogP contribution in [0.4, 0.5) is 24.8 Å². The van der Waals surface area contributed by atoms with Crippen molar-refractivity contribution in [2.24, 2.45) is 11.3 Å². The highest BCUT2D eigenvalue weighted by atomic mass is 19.4. The number of carbonyl (C=O) groups excluding carboxylic acids is 2. The fraction of sp³-hybridized carbons (Fsp3) is 0.571. The molecule has 2 saturated heterocycles. The van der Waals surface area contributed by atoms with Crippen LogP contribution in [-0.4, -0.2) is 77.4 Å². The number of rotatable bonds is 6. The summed E-state index contributed by atoms with van der Waals surface area (Å²) in [6.45, 7) is 7.04. The fourth-order valence-corrected chi connectivity index (χ4v) is 6.21. The Morgan fingerprint density at radius 3 is 2.58 bits per heavy atom. The van der Waals surface area contributed by atoms with E-state index >= 15 is 0 Å². The van der Waals surface area contributed by atoms with Crippen molar-refractivity contribution in [2.45, 2.75) is 51.4 Å². The first-order chi connectivity index (χ1) is 19.0. The molecule has 1 aromatic heterocycles. The van der Waals surface area contributed by atoms with Gasteiger partial charge in [-0.25, -0.2) is 9.97 Å². The minimum Gasteiger partial charge on any atom is -0.354 e. The number of anilines is 2. The van der Waals surface area contributed by atoms with Crippen LogP contribution in [0.5, 0.6) is 0 Å². The van der Waals surface area contributed by atoms with Crippen molar-refractivity contribution in [3.05, 3.63) is 47.3 Å². The van der Waals surface area contributed by atoms with E-state index in [4.69, 9.17) is 0 Å². The summed E-state index contributed by atoms with van der Waals surface area (Å²) < 4.78 is 42.4. The molecule has 3 atom stereocenters. The Labute approximate surface area is 231 Å². The summed E-state index contributed by atoms with van der Waals surface area (Å²) in [7, 11) is 2.01. The van der Waals surface area contributed by atoms with Gasteiger partial charge in [-0.1, -0.05) is 12.5 Å². The SMILES string of the molecule is CC(C)NC(=O)[C@H]1CCC[C@@]12CNC2c1nc(Nc2cccc(C(=O)N3CCN(C)CC3)c2)ncc1C(F)(F)F. The Balaban J connectivity index is 1.41. The molecule has 1 aromatic carbocycles. The molecule has 5 rings (SSSR count). The molecule has 12 heteroatoms. The van der Waals surface area contributed by atoms with Crippen LogP contribution in [0.2, 0.25) is 0 Å². The summed E-state index contributed by atoms with van der Waals surface area (Å²) in [6.07, 6.45) is -1.82. The first-order valence-corrected chi connectivity index (χ1v) is 13.8. The molecule has 1 spiro atoms. The van der Waals surface area contributed by atoms with Gasteiger partial charge in [-0.3, -0.25) is 9.59 Å². The molecule has 1 saturated carbocycles. The summed E-state index contributed by atoms with van der Waals surface area (Å²) in [5.41, 5.74) is -0.739. The molecule has 0 bridgehead atoms. The molecular formula is C28H36F3N7O2. The van der Waals surface area contributed by atoms with Gasteiger partial charge in [0.1, 0.15) is 0 Å². The number of likely N-dealkylation sites (N-methyl/N-ethyl adjacent to an activating group) is 1. The first-order valence-electron chi connectivity index (χ1n) is 13.8. The lowest BCUT2D eigenvalue weighted by molar-refractivity contribution is -0.140. The molecule has 3 aliphatic rings. The average Bonchev–Trinajstić information content (AvgIpc) is 3.35. The van der Waals surface area contributed by atoms with Gasteiger partial charge in [0.2, 0.25) is 11.9 Å². The van der Waals surface area contributed by atoms with Gasteiger partial charge in [-0.15, -0.1) is 0 Å². The van der Waals surface area contributed by atoms with Gasteiger partial charge in [0.15, 0.2) is 0 Å². The molecule has 2 aliphatic heterocycles. The number of benzene rings is 1. The third-order valence-electron chi connectivity index (χ3n) is 8.34. The van der Waals surface area contributed by atoms with Crippen LogP contribution >= 0.6 is 0 Å². The maximum Gasteiger partial charge on any atom is 0.419 e. The van der Waals surface area contributed by atoms with Crippen molar-refractivity contribution in [3.8, 4) is 0 Å². The minimum absolute atomic E-state index is 0.00257. The second-order valence-corrected chi connectivity index (χ2v) is 11.4. The average molecular weight is 560 g/mol. The van der Waals surface area contributed by atoms with Crippen LogP contribution < -0.4 is 16.0 Å². The summed E-state index contributed by atoms with van der Waals surface area (Å²) in [4.78, 5) is 38.3. The van der Waals surface area contributed by atoms with Crippen LogP contribution in [-0.2, 0) is 11.0 Å². The Morgan fingerprint density at radius 1 is 1.18 bits per heavy atom. The zero-order valence-electron chi connectivity index (χ0n) is 23.0. The van der Waals surface area contributed by atoms with Crippen molar-refractivity contribution in [1.82, 2.24) is 30.4 Å². The second-order valence-electron chi connectivity index (χ2n) is 11.4. The van der Waals surface area contributed by atoms with E-state index in [1.54, 1.807) is 29.2 Å². The molecular weight excluding hydrogens is 523 g/mol. The van der Waals surface area contributed by atoms with Gasteiger partial charge in [0, 0.05) is 67.5 Å². The molecule has 9 nitrogen and oxygen atoms in total. The third kappa shape index (κ3) is 5.51. The zero-order valence-corrected chi connectivity index (χ0v) is 23.0. The number of hydrogen-bond donors (Lipinski definition) is 3. The van der Waals surface area contributed by atoms with E-state index in [0.29, 0.717) is 43.7 Å². The Kier molecular flexibility index (Phi) is 7.75. The number of amides is 2. The summed E-state index contributed by atoms with van der Waals surface area (Å²) >= 11 is 0. The molecule has 2 amide bonds. The largest absolute Gasteiger partial charge is 0.419 e. The number of nitrogens with zero attached hydrogens (tertiary/aromatic N) is 4. The van der Waals surface area contributed by atoms with Gasteiger partial charge in [0.25, 0.3) is 5.91 Å². The number of hydrogen-bond acceptors (Lipinski definition) is 7. The van der Waals surface area contributed by atoms with Gasteiger partial charge in [0.05, 0.1) is 17.3 Å². The van der Waals surface area contributed by atoms with Gasteiger partial charge in [-0.05, 0) is 51.9 Å². The number of piperazine rings is 1. The van der Waals surface area contributed by atoms with E-state index in [-0.39, 0.29) is 29.5 Å². The Bertz CT molecular complexity index is 1260. The maximum absolute atomic E-state index is 14.1. The lowest BCUT2D eigenvalue weighted by Gasteiger charge is -2.51. The van der Waals surface area contributed by atoms with E-state index in [1.807, 2.05) is 20.9 Å². The molecule has 1 aliphatic carbocycles. The summed E-state index contributed by atoms with van der Waals surface area (Å²) in [6, 6.07) is 6.02. The van der Waals surface area contributed by atoms with E-state index in [1.165, 1.54) is 0 Å². The predicted molar refractivity (Wildman–Crippen MR) is 144 cm³/mol. The molecule has 3 N–H and O–H groups in total. The highest BCUT2D eigenvalue weighted by Crippen LogP contribution is 2.57. The first kappa shape index (κ1) is 28.3. The van der Waals surface area contributed by atoms with Crippen LogP contribution in [0, 0.1) is 11.3 Å². The number of nitrogens with one attached hydrogen (secondary N) is 3. The van der Waals surface area contributed by atoms with Crippen molar-refractivity contribution < 1.29 is 22.8 Å². The van der Waals surface area contributed by atoms with Gasteiger partial charge < -0.3 is 25.8 Å². The number of alkyl halides is 3. The van der Waals surface area contributed by atoms with Crippen LogP contribution in [0.1, 0.15) is 60.8 Å². The van der Waals surface area contributed by atoms with Gasteiger partial charge >= 0.3 is 6.18 Å². The summed E-state index contributed by atoms with van der Waals surface area (Å²) in [5, 5.41) is 9.08. The molecule has 0 radical (unpaired) electrons. The zero-order chi connectivity index (χ0) is 28.7. The monoisotopic (exact) mass is 559 g/mol. The molecule has 1 unspecified atom stereocenters. The fourth-order valence-electron chi connectivity index (χ4n) is 6.21. The van der Waals surface area contributed by atoms with E-state index in [9.17, 15) is 22.8 Å². The van der Waals surface area contributed by atoms with E-state index < -0.39 is 29.1 Å². The molecule has 3 heterocycles. The van der Waals surface area contributed by atoms with Crippen molar-refractivity contribution >= 4 is 23.5 Å². The highest BCUT2D eigenvalue weighted by Gasteiger charge is 2.59. The Hall–Kier alpha value is -3.25. The van der Waals surface area contributed by atoms with Crippen molar-refractivity contribution in [3.63, 3.8) is 0 Å². The van der Waals surface area contributed by atoms with Gasteiger partial charge in [-0.2, -0.15) is 13.2 Å². The predicted octanol–water partition coefficient (Wildman–Crippen LogP) is 3.58. The smallest absolute Gasteiger partial charge is 0.354 e. The lowest BCUT2D eigenvalue weighted by atomic mass is 9.64.